The van der Waals surface area contributed by atoms with Crippen LogP contribution in [0.5, 0.6) is 0 Å². The van der Waals surface area contributed by atoms with Crippen molar-refractivity contribution < 1.29 is 9.18 Å². The molecule has 2 aromatic rings. The van der Waals surface area contributed by atoms with Crippen molar-refractivity contribution in [3.63, 3.8) is 0 Å². The number of carbonyl (C=O) groups excluding carboxylic acids is 1. The number of carbonyl (C=O) groups is 1. The van der Waals surface area contributed by atoms with E-state index < -0.39 is 11.7 Å². The average molecular weight is 382 g/mol. The molecule has 25 heavy (non-hydrogen) atoms. The second kappa shape index (κ2) is 7.81. The Kier molecular flexibility index (Phi) is 5.71. The number of piperidine rings is 1. The van der Waals surface area contributed by atoms with Gasteiger partial charge in [0.1, 0.15) is 5.82 Å². The molecule has 4 nitrogen and oxygen atoms in total. The summed E-state index contributed by atoms with van der Waals surface area (Å²) in [6, 6.07) is 4.19. The number of anilines is 1. The summed E-state index contributed by atoms with van der Waals surface area (Å²) in [7, 11) is 0. The Bertz CT molecular complexity index is 751. The molecular formula is C18H21ClFN3OS. The van der Waals surface area contributed by atoms with E-state index in [0.717, 1.165) is 36.1 Å². The van der Waals surface area contributed by atoms with Gasteiger partial charge in [-0.25, -0.2) is 9.37 Å². The smallest absolute Gasteiger partial charge is 0.261 e. The maximum atomic E-state index is 13.9. The van der Waals surface area contributed by atoms with Gasteiger partial charge >= 0.3 is 0 Å². The van der Waals surface area contributed by atoms with Crippen LogP contribution in [0.3, 0.4) is 0 Å². The number of rotatable bonds is 4. The summed E-state index contributed by atoms with van der Waals surface area (Å²) in [4.78, 5) is 20.3. The fourth-order valence-electron chi connectivity index (χ4n) is 2.93. The van der Waals surface area contributed by atoms with E-state index in [1.54, 1.807) is 0 Å². The van der Waals surface area contributed by atoms with Crippen molar-refractivity contribution in [1.29, 1.82) is 0 Å². The fraction of sp³-hybridized carbons (Fsp3) is 0.444. The molecule has 0 saturated carbocycles. The van der Waals surface area contributed by atoms with Gasteiger partial charge in [0.05, 0.1) is 16.3 Å². The minimum atomic E-state index is -0.638. The van der Waals surface area contributed by atoms with E-state index in [-0.39, 0.29) is 10.6 Å². The summed E-state index contributed by atoms with van der Waals surface area (Å²) < 4.78 is 13.9. The first-order valence-electron chi connectivity index (χ1n) is 8.38. The molecule has 1 fully saturated rings. The van der Waals surface area contributed by atoms with Crippen LogP contribution in [-0.4, -0.2) is 28.9 Å². The van der Waals surface area contributed by atoms with Crippen molar-refractivity contribution >= 4 is 34.0 Å². The van der Waals surface area contributed by atoms with E-state index in [2.05, 4.69) is 22.1 Å². The number of amides is 1. The number of nitrogens with zero attached hydrogens (tertiary/aromatic N) is 2. The standard InChI is InChI=1S/C18H21ClFN3OS/c1-11-6-8-23(9-7-11)10-15-12(2)21-18(25-15)22-17(24)16-13(19)4-3-5-14(16)20/h3-5,11H,6-10H2,1-2H3,(H,21,22,24). The predicted octanol–water partition coefficient (Wildman–Crippen LogP) is 4.73. The van der Waals surface area contributed by atoms with Crippen LogP contribution in [0.25, 0.3) is 0 Å². The Morgan fingerprint density at radius 1 is 1.44 bits per heavy atom. The number of hydrogen-bond acceptors (Lipinski definition) is 4. The van der Waals surface area contributed by atoms with Crippen molar-refractivity contribution in [2.45, 2.75) is 33.2 Å². The van der Waals surface area contributed by atoms with Crippen molar-refractivity contribution in [3.8, 4) is 0 Å². The highest BCUT2D eigenvalue weighted by atomic mass is 35.5. The number of hydrogen-bond donors (Lipinski definition) is 1. The lowest BCUT2D eigenvalue weighted by atomic mass is 9.99. The molecule has 1 aliphatic heterocycles. The maximum Gasteiger partial charge on any atom is 0.261 e. The van der Waals surface area contributed by atoms with Gasteiger partial charge in [0.25, 0.3) is 5.91 Å². The molecule has 0 bridgehead atoms. The van der Waals surface area contributed by atoms with E-state index in [0.29, 0.717) is 5.13 Å². The van der Waals surface area contributed by atoms with Gasteiger partial charge in [0.15, 0.2) is 5.13 Å². The Morgan fingerprint density at radius 2 is 2.16 bits per heavy atom. The molecule has 3 rings (SSSR count). The molecule has 1 N–H and O–H groups in total. The molecular weight excluding hydrogens is 361 g/mol. The SMILES string of the molecule is Cc1nc(NC(=O)c2c(F)cccc2Cl)sc1CN1CCC(C)CC1. The highest BCUT2D eigenvalue weighted by Crippen LogP contribution is 2.27. The van der Waals surface area contributed by atoms with Gasteiger partial charge in [-0.1, -0.05) is 24.6 Å². The zero-order valence-electron chi connectivity index (χ0n) is 14.3. The summed E-state index contributed by atoms with van der Waals surface area (Å²) in [5, 5.41) is 3.24. The summed E-state index contributed by atoms with van der Waals surface area (Å²) in [6.45, 7) is 7.24. The number of aromatic nitrogens is 1. The minimum Gasteiger partial charge on any atom is -0.298 e. The number of halogens is 2. The lowest BCUT2D eigenvalue weighted by Crippen LogP contribution is -2.32. The number of thiazole rings is 1. The molecule has 0 atom stereocenters. The average Bonchev–Trinajstić information content (AvgIpc) is 2.88. The molecule has 1 aromatic heterocycles. The van der Waals surface area contributed by atoms with Gasteiger partial charge in [-0.05, 0) is 50.9 Å². The second-order valence-corrected chi connectivity index (χ2v) is 8.03. The van der Waals surface area contributed by atoms with E-state index in [4.69, 9.17) is 11.6 Å². The monoisotopic (exact) mass is 381 g/mol. The molecule has 1 amide bonds. The summed E-state index contributed by atoms with van der Waals surface area (Å²) >= 11 is 7.38. The molecule has 7 heteroatoms. The first kappa shape index (κ1) is 18.3. The molecule has 0 spiro atoms. The van der Waals surface area contributed by atoms with Gasteiger partial charge in [-0.15, -0.1) is 11.3 Å². The van der Waals surface area contributed by atoms with Crippen LogP contribution >= 0.6 is 22.9 Å². The maximum absolute atomic E-state index is 13.9. The lowest BCUT2D eigenvalue weighted by molar-refractivity contribution is 0.102. The van der Waals surface area contributed by atoms with Crippen LogP contribution in [-0.2, 0) is 6.54 Å². The number of benzene rings is 1. The Labute approximate surface area is 156 Å². The van der Waals surface area contributed by atoms with Crippen LogP contribution in [0, 0.1) is 18.7 Å². The first-order chi connectivity index (χ1) is 11.9. The highest BCUT2D eigenvalue weighted by Gasteiger charge is 2.20. The minimum absolute atomic E-state index is 0.0911. The van der Waals surface area contributed by atoms with E-state index in [9.17, 15) is 9.18 Å². The normalized spacial score (nSPS) is 16.2. The topological polar surface area (TPSA) is 45.2 Å². The summed E-state index contributed by atoms with van der Waals surface area (Å²) in [6.07, 6.45) is 2.43. The third kappa shape index (κ3) is 4.37. The molecule has 1 saturated heterocycles. The van der Waals surface area contributed by atoms with Crippen molar-refractivity contribution in [2.24, 2.45) is 5.92 Å². The Balaban J connectivity index is 1.69. The zero-order valence-corrected chi connectivity index (χ0v) is 15.9. The number of nitrogens with one attached hydrogen (secondary N) is 1. The lowest BCUT2D eigenvalue weighted by Gasteiger charge is -2.29. The van der Waals surface area contributed by atoms with Crippen molar-refractivity contribution in [3.05, 3.63) is 45.2 Å². The Morgan fingerprint density at radius 3 is 2.84 bits per heavy atom. The second-order valence-electron chi connectivity index (χ2n) is 6.54. The van der Waals surface area contributed by atoms with Crippen LogP contribution in [0.15, 0.2) is 18.2 Å². The molecule has 134 valence electrons. The van der Waals surface area contributed by atoms with Gasteiger partial charge in [-0.3, -0.25) is 15.0 Å². The summed E-state index contributed by atoms with van der Waals surface area (Å²) in [5.41, 5.74) is 0.752. The van der Waals surface area contributed by atoms with E-state index in [1.165, 1.54) is 42.4 Å². The molecule has 1 aromatic carbocycles. The van der Waals surface area contributed by atoms with Crippen LogP contribution < -0.4 is 5.32 Å². The fourth-order valence-corrected chi connectivity index (χ4v) is 4.17. The van der Waals surface area contributed by atoms with Gasteiger partial charge in [0.2, 0.25) is 0 Å². The van der Waals surface area contributed by atoms with E-state index in [1.807, 2.05) is 6.92 Å². The van der Waals surface area contributed by atoms with E-state index >= 15 is 0 Å². The third-order valence-electron chi connectivity index (χ3n) is 4.55. The first-order valence-corrected chi connectivity index (χ1v) is 9.57. The van der Waals surface area contributed by atoms with Crippen LogP contribution in [0.4, 0.5) is 9.52 Å². The van der Waals surface area contributed by atoms with Crippen molar-refractivity contribution in [2.75, 3.05) is 18.4 Å². The molecule has 0 radical (unpaired) electrons. The Hall–Kier alpha value is -1.50. The van der Waals surface area contributed by atoms with Gasteiger partial charge < -0.3 is 0 Å². The van der Waals surface area contributed by atoms with Gasteiger partial charge in [0, 0.05) is 11.4 Å². The summed E-state index contributed by atoms with van der Waals surface area (Å²) in [5.74, 6) is -0.421. The number of likely N-dealkylation sites (tertiary alicyclic amines) is 1. The molecule has 0 aliphatic carbocycles. The van der Waals surface area contributed by atoms with Gasteiger partial charge in [-0.2, -0.15) is 0 Å². The number of aryl methyl sites for hydroxylation is 1. The quantitative estimate of drug-likeness (QED) is 0.832. The van der Waals surface area contributed by atoms with Crippen LogP contribution in [0.1, 0.15) is 40.7 Å². The largest absolute Gasteiger partial charge is 0.298 e. The van der Waals surface area contributed by atoms with Crippen LogP contribution in [0.2, 0.25) is 5.02 Å². The zero-order chi connectivity index (χ0) is 18.0. The third-order valence-corrected chi connectivity index (χ3v) is 5.92. The highest BCUT2D eigenvalue weighted by molar-refractivity contribution is 7.15. The molecule has 0 unspecified atom stereocenters. The molecule has 1 aliphatic rings. The predicted molar refractivity (Wildman–Crippen MR) is 99.9 cm³/mol. The van der Waals surface area contributed by atoms with Crippen molar-refractivity contribution in [1.82, 2.24) is 9.88 Å². The molecule has 2 heterocycles.